The van der Waals surface area contributed by atoms with Crippen LogP contribution in [-0.4, -0.2) is 27.3 Å². The van der Waals surface area contributed by atoms with Crippen molar-refractivity contribution in [3.05, 3.63) is 18.2 Å². The summed E-state index contributed by atoms with van der Waals surface area (Å²) in [6.45, 7) is 2.90. The van der Waals surface area contributed by atoms with E-state index < -0.39 is 0 Å². The average Bonchev–Trinajstić information content (AvgIpc) is 2.73. The molecule has 0 spiro atoms. The monoisotopic (exact) mass is 301 g/mol. The number of aromatic nitrogens is 2. The van der Waals surface area contributed by atoms with Gasteiger partial charge in [-0.25, -0.2) is 4.98 Å². The third-order valence-electron chi connectivity index (χ3n) is 2.70. The summed E-state index contributed by atoms with van der Waals surface area (Å²) >= 11 is 3.45. The minimum Gasteiger partial charge on any atom is -0.350 e. The molecule has 1 unspecified atom stereocenters. The quantitative estimate of drug-likeness (QED) is 0.786. The van der Waals surface area contributed by atoms with Crippen LogP contribution in [0.4, 0.5) is 0 Å². The predicted octanol–water partition coefficient (Wildman–Crippen LogP) is 2.35. The first-order chi connectivity index (χ1) is 8.17. The number of nitrogens with one attached hydrogen (secondary N) is 1. The Bertz CT molecular complexity index is 345. The van der Waals surface area contributed by atoms with Gasteiger partial charge in [-0.15, -0.1) is 0 Å². The second-order valence-electron chi connectivity index (χ2n) is 4.27. The maximum atomic E-state index is 11.8. The topological polar surface area (TPSA) is 46.9 Å². The van der Waals surface area contributed by atoms with Crippen molar-refractivity contribution < 1.29 is 4.79 Å². The molecule has 1 aromatic rings. The third kappa shape index (κ3) is 4.89. The Labute approximate surface area is 111 Å². The summed E-state index contributed by atoms with van der Waals surface area (Å²) in [5, 5.41) is 3.93. The first-order valence-corrected chi connectivity index (χ1v) is 7.11. The number of halogens is 1. The van der Waals surface area contributed by atoms with Crippen molar-refractivity contribution in [1.29, 1.82) is 0 Å². The fourth-order valence-corrected chi connectivity index (χ4v) is 2.42. The fraction of sp³-hybridized carbons (Fsp3) is 0.667. The van der Waals surface area contributed by atoms with E-state index in [1.165, 1.54) is 0 Å². The van der Waals surface area contributed by atoms with Crippen molar-refractivity contribution in [2.45, 2.75) is 26.2 Å². The number of hydrogen-bond donors (Lipinski definition) is 1. The number of hydrogen-bond acceptors (Lipinski definition) is 2. The molecule has 96 valence electrons. The zero-order valence-corrected chi connectivity index (χ0v) is 12.0. The van der Waals surface area contributed by atoms with E-state index in [0.29, 0.717) is 11.6 Å². The maximum Gasteiger partial charge on any atom is 0.271 e. The van der Waals surface area contributed by atoms with Gasteiger partial charge in [-0.1, -0.05) is 29.3 Å². The van der Waals surface area contributed by atoms with Crippen molar-refractivity contribution in [3.8, 4) is 0 Å². The highest BCUT2D eigenvalue weighted by Crippen LogP contribution is 2.11. The van der Waals surface area contributed by atoms with E-state index in [-0.39, 0.29) is 5.91 Å². The summed E-state index contributed by atoms with van der Waals surface area (Å²) in [6, 6.07) is 0. The van der Waals surface area contributed by atoms with Crippen molar-refractivity contribution in [3.63, 3.8) is 0 Å². The van der Waals surface area contributed by atoms with Crippen LogP contribution in [-0.2, 0) is 7.05 Å². The molecule has 1 atom stereocenters. The zero-order valence-electron chi connectivity index (χ0n) is 10.4. The number of rotatable bonds is 7. The normalized spacial score (nSPS) is 12.4. The molecule has 0 aliphatic carbocycles. The fourth-order valence-electron chi connectivity index (χ4n) is 1.77. The molecule has 1 amide bonds. The van der Waals surface area contributed by atoms with Crippen LogP contribution in [0.3, 0.4) is 0 Å². The molecule has 0 saturated heterocycles. The third-order valence-corrected chi connectivity index (χ3v) is 3.16. The van der Waals surface area contributed by atoms with Crippen molar-refractivity contribution in [2.24, 2.45) is 13.0 Å². The smallest absolute Gasteiger partial charge is 0.271 e. The van der Waals surface area contributed by atoms with Gasteiger partial charge in [0.15, 0.2) is 0 Å². The Hall–Kier alpha value is -0.840. The van der Waals surface area contributed by atoms with Crippen LogP contribution in [0.1, 0.15) is 36.7 Å². The molecule has 5 heteroatoms. The second-order valence-corrected chi connectivity index (χ2v) is 5.06. The maximum absolute atomic E-state index is 11.8. The Kier molecular flexibility index (Phi) is 6.26. The van der Waals surface area contributed by atoms with Gasteiger partial charge < -0.3 is 9.88 Å². The van der Waals surface area contributed by atoms with E-state index >= 15 is 0 Å². The lowest BCUT2D eigenvalue weighted by Crippen LogP contribution is -2.29. The number of nitrogens with zero attached hydrogens (tertiary/aromatic N) is 2. The van der Waals surface area contributed by atoms with Crippen LogP contribution in [0.15, 0.2) is 12.5 Å². The van der Waals surface area contributed by atoms with Gasteiger partial charge in [0.25, 0.3) is 5.91 Å². The number of carbonyl (C=O) groups is 1. The van der Waals surface area contributed by atoms with Crippen molar-refractivity contribution >= 4 is 21.8 Å². The molecule has 17 heavy (non-hydrogen) atoms. The van der Waals surface area contributed by atoms with Crippen molar-refractivity contribution in [1.82, 2.24) is 14.9 Å². The minimum absolute atomic E-state index is 0.0822. The van der Waals surface area contributed by atoms with Gasteiger partial charge in [-0.3, -0.25) is 4.79 Å². The van der Waals surface area contributed by atoms with E-state index in [4.69, 9.17) is 0 Å². The zero-order chi connectivity index (χ0) is 12.7. The molecule has 0 saturated carbocycles. The number of amides is 1. The Morgan fingerprint density at radius 2 is 2.35 bits per heavy atom. The number of alkyl halides is 1. The van der Waals surface area contributed by atoms with Gasteiger partial charge in [-0.05, 0) is 18.8 Å². The minimum atomic E-state index is -0.0822. The molecule has 4 nitrogen and oxygen atoms in total. The van der Waals surface area contributed by atoms with Crippen LogP contribution in [0.5, 0.6) is 0 Å². The molecular formula is C12H20BrN3O. The van der Waals surface area contributed by atoms with Crippen LogP contribution < -0.4 is 5.32 Å². The molecule has 0 fully saturated rings. The summed E-state index contributed by atoms with van der Waals surface area (Å²) in [5.41, 5.74) is 0.488. The Balaban J connectivity index is 2.40. The highest BCUT2D eigenvalue weighted by molar-refractivity contribution is 9.09. The molecule has 1 N–H and O–H groups in total. The lowest BCUT2D eigenvalue weighted by atomic mass is 10.0. The first-order valence-electron chi connectivity index (χ1n) is 5.99. The van der Waals surface area contributed by atoms with Gasteiger partial charge in [-0.2, -0.15) is 0 Å². The summed E-state index contributed by atoms with van der Waals surface area (Å²) in [5.74, 6) is 0.466. The van der Waals surface area contributed by atoms with Gasteiger partial charge in [0.1, 0.15) is 5.69 Å². The predicted molar refractivity (Wildman–Crippen MR) is 72.4 cm³/mol. The lowest BCUT2D eigenvalue weighted by Gasteiger charge is -2.14. The lowest BCUT2D eigenvalue weighted by molar-refractivity contribution is 0.0941. The second kappa shape index (κ2) is 7.48. The highest BCUT2D eigenvalue weighted by Gasteiger charge is 2.12. The van der Waals surface area contributed by atoms with Crippen LogP contribution in [0.25, 0.3) is 0 Å². The Morgan fingerprint density at radius 3 is 2.88 bits per heavy atom. The molecule has 0 aliphatic rings. The van der Waals surface area contributed by atoms with Gasteiger partial charge in [0, 0.05) is 25.1 Å². The van der Waals surface area contributed by atoms with E-state index in [1.807, 2.05) is 7.05 Å². The van der Waals surface area contributed by atoms with Crippen LogP contribution in [0.2, 0.25) is 0 Å². The van der Waals surface area contributed by atoms with Gasteiger partial charge in [0.2, 0.25) is 0 Å². The molecule has 0 radical (unpaired) electrons. The molecular weight excluding hydrogens is 282 g/mol. The van der Waals surface area contributed by atoms with E-state index in [0.717, 1.165) is 31.1 Å². The molecule has 0 aliphatic heterocycles. The van der Waals surface area contributed by atoms with Gasteiger partial charge in [0.05, 0.1) is 6.33 Å². The number of carbonyl (C=O) groups excluding carboxylic acids is 1. The molecule has 1 aromatic heterocycles. The standard InChI is InChI=1S/C12H20BrN3O/c1-3-4-10(5-6-13)7-14-12(17)11-8-16(2)9-15-11/h8-10H,3-7H2,1-2H3,(H,14,17). The molecule has 1 heterocycles. The Morgan fingerprint density at radius 1 is 1.59 bits per heavy atom. The summed E-state index contributed by atoms with van der Waals surface area (Å²) in [4.78, 5) is 15.8. The van der Waals surface area contributed by atoms with Crippen molar-refractivity contribution in [2.75, 3.05) is 11.9 Å². The average molecular weight is 302 g/mol. The van der Waals surface area contributed by atoms with E-state index in [9.17, 15) is 4.79 Å². The first kappa shape index (κ1) is 14.2. The van der Waals surface area contributed by atoms with Gasteiger partial charge >= 0.3 is 0 Å². The molecule has 0 aromatic carbocycles. The summed E-state index contributed by atoms with van der Waals surface area (Å²) in [7, 11) is 1.86. The summed E-state index contributed by atoms with van der Waals surface area (Å²) < 4.78 is 1.77. The largest absolute Gasteiger partial charge is 0.350 e. The number of aryl methyl sites for hydroxylation is 1. The molecule has 0 bridgehead atoms. The SMILES string of the molecule is CCCC(CCBr)CNC(=O)c1cn(C)cn1. The molecule has 1 rings (SSSR count). The van der Waals surface area contributed by atoms with E-state index in [2.05, 4.69) is 33.2 Å². The van der Waals surface area contributed by atoms with Crippen LogP contribution in [0, 0.1) is 5.92 Å². The highest BCUT2D eigenvalue weighted by atomic mass is 79.9. The van der Waals surface area contributed by atoms with E-state index in [1.54, 1.807) is 17.1 Å². The summed E-state index contributed by atoms with van der Waals surface area (Å²) in [6.07, 6.45) is 6.76. The van der Waals surface area contributed by atoms with Crippen LogP contribution >= 0.6 is 15.9 Å². The number of imidazole rings is 1.